The van der Waals surface area contributed by atoms with Gasteiger partial charge in [-0.15, -0.1) is 0 Å². The Balaban J connectivity index is 1.03. The zero-order chi connectivity index (χ0) is 37.7. The first kappa shape index (κ1) is 32.6. The van der Waals surface area contributed by atoms with Gasteiger partial charge in [-0.2, -0.15) is 0 Å². The Bertz CT molecular complexity index is 3170. The van der Waals surface area contributed by atoms with Gasteiger partial charge >= 0.3 is 0 Å². The Hall–Kier alpha value is -7.83. The van der Waals surface area contributed by atoms with E-state index in [4.69, 9.17) is 19.4 Å². The van der Waals surface area contributed by atoms with Gasteiger partial charge in [0, 0.05) is 67.1 Å². The molecule has 0 radical (unpaired) electrons. The molecule has 8 aromatic carbocycles. The maximum atomic E-state index is 6.69. The highest BCUT2D eigenvalue weighted by Crippen LogP contribution is 2.42. The summed E-state index contributed by atoms with van der Waals surface area (Å²) in [7, 11) is 0. The van der Waals surface area contributed by atoms with Crippen LogP contribution in [0.4, 0.5) is 17.1 Å². The molecule has 0 spiro atoms. The molecule has 0 N–H and O–H groups in total. The number of fused-ring (bicyclic) bond motifs is 6. The molecule has 0 unspecified atom stereocenters. The molecule has 0 aliphatic carbocycles. The molecule has 0 fully saturated rings. The molecule has 11 aromatic rings. The van der Waals surface area contributed by atoms with Gasteiger partial charge in [-0.1, -0.05) is 121 Å². The number of nitrogens with zero attached hydrogens (tertiary/aromatic N) is 5. The van der Waals surface area contributed by atoms with Crippen molar-refractivity contribution in [3.05, 3.63) is 200 Å². The predicted octanol–water partition coefficient (Wildman–Crippen LogP) is 13.3. The molecule has 3 aromatic heterocycles. The second kappa shape index (κ2) is 13.5. The quantitative estimate of drug-likeness (QED) is 0.163. The lowest BCUT2D eigenvalue weighted by molar-refractivity contribution is 0.669. The third-order valence-corrected chi connectivity index (χ3v) is 10.6. The fourth-order valence-electron chi connectivity index (χ4n) is 7.96. The summed E-state index contributed by atoms with van der Waals surface area (Å²) in [6, 6.07) is 69.2. The van der Waals surface area contributed by atoms with Crippen LogP contribution >= 0.6 is 0 Å². The zero-order valence-corrected chi connectivity index (χ0v) is 30.7. The van der Waals surface area contributed by atoms with Crippen molar-refractivity contribution in [1.82, 2.24) is 19.5 Å². The van der Waals surface area contributed by atoms with E-state index in [1.807, 2.05) is 66.7 Å². The van der Waals surface area contributed by atoms with Gasteiger partial charge in [0.05, 0.1) is 11.0 Å². The average molecular weight is 732 g/mol. The van der Waals surface area contributed by atoms with Crippen molar-refractivity contribution in [2.45, 2.75) is 0 Å². The van der Waals surface area contributed by atoms with E-state index in [-0.39, 0.29) is 0 Å². The highest BCUT2D eigenvalue weighted by molar-refractivity contribution is 6.11. The Morgan fingerprint density at radius 1 is 0.351 bits per heavy atom. The first-order valence-corrected chi connectivity index (χ1v) is 19.0. The first-order valence-electron chi connectivity index (χ1n) is 19.0. The summed E-state index contributed by atoms with van der Waals surface area (Å²) in [6.45, 7) is 0. The van der Waals surface area contributed by atoms with Crippen LogP contribution in [0.1, 0.15) is 0 Å². The molecule has 0 saturated carbocycles. The van der Waals surface area contributed by atoms with Gasteiger partial charge in [0.1, 0.15) is 11.2 Å². The van der Waals surface area contributed by atoms with Gasteiger partial charge in [0.25, 0.3) is 0 Å². The lowest BCUT2D eigenvalue weighted by atomic mass is 10.1. The lowest BCUT2D eigenvalue weighted by Gasteiger charge is -2.25. The number of hydrogen-bond donors (Lipinski definition) is 0. The van der Waals surface area contributed by atoms with Crippen LogP contribution in [0.2, 0.25) is 0 Å². The molecule has 0 aliphatic rings. The van der Waals surface area contributed by atoms with Crippen LogP contribution in [-0.4, -0.2) is 19.5 Å². The standard InChI is InChI=1S/C51H33N5O/c1-5-15-34(16-6-1)49-52-50(35-17-7-2-8-18-35)54-51(53-49)36-25-28-42-43-29-26-40(33-48(43)57-47(42)31-36)55(37-19-9-3-10-20-37)39-27-30-46-44(32-39)41-23-13-14-24-45(41)56(46)38-21-11-4-12-22-38/h1-33H. The topological polar surface area (TPSA) is 60.0 Å². The van der Waals surface area contributed by atoms with Gasteiger partial charge in [0.15, 0.2) is 17.5 Å². The van der Waals surface area contributed by atoms with Crippen LogP contribution < -0.4 is 4.90 Å². The van der Waals surface area contributed by atoms with Crippen molar-refractivity contribution in [2.75, 3.05) is 4.90 Å². The average Bonchev–Trinajstić information content (AvgIpc) is 3.82. The molecular formula is C51H33N5O. The third-order valence-electron chi connectivity index (χ3n) is 10.6. The fourth-order valence-corrected chi connectivity index (χ4v) is 7.96. The Kier molecular flexibility index (Phi) is 7.71. The van der Waals surface area contributed by atoms with E-state index in [0.717, 1.165) is 66.9 Å². The minimum Gasteiger partial charge on any atom is -0.456 e. The predicted molar refractivity (Wildman–Crippen MR) is 232 cm³/mol. The minimum atomic E-state index is 0.588. The Labute approximate surface area is 328 Å². The summed E-state index contributed by atoms with van der Waals surface area (Å²) >= 11 is 0. The summed E-state index contributed by atoms with van der Waals surface area (Å²) < 4.78 is 9.03. The van der Waals surface area contributed by atoms with Crippen molar-refractivity contribution < 1.29 is 4.42 Å². The largest absolute Gasteiger partial charge is 0.456 e. The van der Waals surface area contributed by atoms with E-state index >= 15 is 0 Å². The lowest BCUT2D eigenvalue weighted by Crippen LogP contribution is -2.09. The molecule has 0 amide bonds. The van der Waals surface area contributed by atoms with E-state index in [2.05, 4.69) is 143 Å². The van der Waals surface area contributed by atoms with E-state index in [0.29, 0.717) is 17.5 Å². The molecule has 0 saturated heterocycles. The number of hydrogen-bond acceptors (Lipinski definition) is 5. The Morgan fingerprint density at radius 2 is 0.860 bits per heavy atom. The van der Waals surface area contributed by atoms with Gasteiger partial charge in [-0.3, -0.25) is 0 Å². The van der Waals surface area contributed by atoms with Crippen LogP contribution in [0.15, 0.2) is 205 Å². The molecule has 0 atom stereocenters. The maximum Gasteiger partial charge on any atom is 0.164 e. The zero-order valence-electron chi connectivity index (χ0n) is 30.7. The number of rotatable bonds is 7. The van der Waals surface area contributed by atoms with Crippen LogP contribution in [0, 0.1) is 0 Å². The summed E-state index contributed by atoms with van der Waals surface area (Å²) in [5, 5.41) is 4.47. The van der Waals surface area contributed by atoms with Crippen LogP contribution in [0.5, 0.6) is 0 Å². The summed E-state index contributed by atoms with van der Waals surface area (Å²) in [6.07, 6.45) is 0. The van der Waals surface area contributed by atoms with Crippen molar-refractivity contribution in [3.8, 4) is 39.9 Å². The van der Waals surface area contributed by atoms with E-state index in [9.17, 15) is 0 Å². The number of anilines is 3. The molecule has 0 bridgehead atoms. The van der Waals surface area contributed by atoms with E-state index < -0.39 is 0 Å². The van der Waals surface area contributed by atoms with Crippen molar-refractivity contribution in [3.63, 3.8) is 0 Å². The second-order valence-electron chi connectivity index (χ2n) is 14.1. The van der Waals surface area contributed by atoms with Crippen LogP contribution in [0.25, 0.3) is 83.6 Å². The SMILES string of the molecule is c1ccc(-c2nc(-c3ccccc3)nc(-c3ccc4c(c3)oc3cc(N(c5ccccc5)c5ccc6c(c5)c5ccccc5n6-c5ccccc5)ccc34)n2)cc1. The highest BCUT2D eigenvalue weighted by Gasteiger charge is 2.20. The normalized spacial score (nSPS) is 11.5. The third kappa shape index (κ3) is 5.70. The summed E-state index contributed by atoms with van der Waals surface area (Å²) in [5.41, 5.74) is 10.9. The van der Waals surface area contributed by atoms with Gasteiger partial charge in [0.2, 0.25) is 0 Å². The van der Waals surface area contributed by atoms with Crippen LogP contribution in [0.3, 0.4) is 0 Å². The smallest absolute Gasteiger partial charge is 0.164 e. The van der Waals surface area contributed by atoms with Crippen molar-refractivity contribution in [2.24, 2.45) is 0 Å². The molecule has 57 heavy (non-hydrogen) atoms. The second-order valence-corrected chi connectivity index (χ2v) is 14.1. The van der Waals surface area contributed by atoms with Crippen LogP contribution in [-0.2, 0) is 0 Å². The first-order chi connectivity index (χ1) is 28.2. The monoisotopic (exact) mass is 731 g/mol. The van der Waals surface area contributed by atoms with Gasteiger partial charge < -0.3 is 13.9 Å². The number of para-hydroxylation sites is 3. The van der Waals surface area contributed by atoms with E-state index in [1.165, 1.54) is 16.3 Å². The molecular weight excluding hydrogens is 699 g/mol. The maximum absolute atomic E-state index is 6.69. The summed E-state index contributed by atoms with van der Waals surface area (Å²) in [5.74, 6) is 1.83. The Morgan fingerprint density at radius 3 is 1.54 bits per heavy atom. The van der Waals surface area contributed by atoms with E-state index in [1.54, 1.807) is 0 Å². The summed E-state index contributed by atoms with van der Waals surface area (Å²) in [4.78, 5) is 17.1. The minimum absolute atomic E-state index is 0.588. The molecule has 6 nitrogen and oxygen atoms in total. The van der Waals surface area contributed by atoms with Crippen molar-refractivity contribution in [1.29, 1.82) is 0 Å². The van der Waals surface area contributed by atoms with Crippen molar-refractivity contribution >= 4 is 60.8 Å². The molecule has 3 heterocycles. The van der Waals surface area contributed by atoms with Gasteiger partial charge in [-0.05, 0) is 72.8 Å². The molecule has 6 heteroatoms. The number of furan rings is 1. The molecule has 0 aliphatic heterocycles. The highest BCUT2D eigenvalue weighted by atomic mass is 16.3. The number of aromatic nitrogens is 4. The fraction of sp³-hybridized carbons (Fsp3) is 0. The number of benzene rings is 8. The molecule has 268 valence electrons. The molecule has 11 rings (SSSR count). The van der Waals surface area contributed by atoms with Gasteiger partial charge in [-0.25, -0.2) is 15.0 Å².